The fourth-order valence-electron chi connectivity index (χ4n) is 4.89. The maximum Gasteiger partial charge on any atom is 0.224 e. The lowest BCUT2D eigenvalue weighted by Gasteiger charge is -2.33. The van der Waals surface area contributed by atoms with Crippen LogP contribution in [0.2, 0.25) is 0 Å². The first-order chi connectivity index (χ1) is 12.2. The molecule has 0 amide bonds. The highest BCUT2D eigenvalue weighted by atomic mass is 32.1. The number of pyridine rings is 1. The zero-order valence-corrected chi connectivity index (χ0v) is 15.9. The Morgan fingerprint density at radius 2 is 2.12 bits per heavy atom. The van der Waals surface area contributed by atoms with Crippen molar-refractivity contribution in [1.82, 2.24) is 0 Å². The van der Waals surface area contributed by atoms with Gasteiger partial charge < -0.3 is 0 Å². The fourth-order valence-corrected chi connectivity index (χ4v) is 6.26. The standard InChI is InChI=1S/C23H24NS/c1-4-6-9-17-12-16-13-18-20-15(3)23(5-2,14-16)24-11-8-7-10-19(24)22(20)25-21(17)18/h7-8,10-13H,3-6,9,14H2,1-2H3/q+1. The van der Waals surface area contributed by atoms with Gasteiger partial charge in [0.1, 0.15) is 4.88 Å². The van der Waals surface area contributed by atoms with E-state index in [1.165, 1.54) is 56.6 Å². The molecule has 1 atom stereocenters. The lowest BCUT2D eigenvalue weighted by Crippen LogP contribution is -2.60. The Morgan fingerprint density at radius 1 is 1.24 bits per heavy atom. The molecule has 1 aromatic carbocycles. The van der Waals surface area contributed by atoms with E-state index in [9.17, 15) is 0 Å². The van der Waals surface area contributed by atoms with Gasteiger partial charge >= 0.3 is 0 Å². The summed E-state index contributed by atoms with van der Waals surface area (Å²) in [5, 5.41) is 1.46. The second kappa shape index (κ2) is 5.28. The number of allylic oxidation sites excluding steroid dienone is 1. The maximum atomic E-state index is 4.64. The topological polar surface area (TPSA) is 3.88 Å². The smallest absolute Gasteiger partial charge is 0.188 e. The number of nitrogens with zero attached hydrogens (tertiary/aromatic N) is 1. The monoisotopic (exact) mass is 346 g/mol. The van der Waals surface area contributed by atoms with E-state index in [1.54, 1.807) is 5.56 Å². The van der Waals surface area contributed by atoms with E-state index in [2.05, 4.69) is 61.5 Å². The van der Waals surface area contributed by atoms with Crippen LogP contribution in [0.3, 0.4) is 0 Å². The van der Waals surface area contributed by atoms with Gasteiger partial charge in [-0.25, -0.2) is 0 Å². The first kappa shape index (κ1) is 15.3. The number of rotatable bonds is 4. The quantitative estimate of drug-likeness (QED) is 0.519. The van der Waals surface area contributed by atoms with Gasteiger partial charge in [0.2, 0.25) is 5.69 Å². The summed E-state index contributed by atoms with van der Waals surface area (Å²) in [6, 6.07) is 11.6. The van der Waals surface area contributed by atoms with E-state index in [0.29, 0.717) is 0 Å². The average molecular weight is 347 g/mol. The van der Waals surface area contributed by atoms with Crippen molar-refractivity contribution in [1.29, 1.82) is 0 Å². The van der Waals surface area contributed by atoms with Crippen molar-refractivity contribution in [3.63, 3.8) is 0 Å². The number of hydrogen-bond donors (Lipinski definition) is 0. The Kier molecular flexibility index (Phi) is 3.24. The minimum absolute atomic E-state index is 0.0181. The third kappa shape index (κ3) is 1.86. The van der Waals surface area contributed by atoms with Gasteiger partial charge in [0.15, 0.2) is 11.7 Å². The molecule has 0 spiro atoms. The molecule has 1 unspecified atom stereocenters. The largest absolute Gasteiger partial charge is 0.224 e. The average Bonchev–Trinajstić information content (AvgIpc) is 3.00. The summed E-state index contributed by atoms with van der Waals surface area (Å²) < 4.78 is 4.00. The SMILES string of the molecule is C=C1c2c3sc4c(CCCC)cc(cc24)CC1(CC)[n+]1ccccc1-3. The number of aromatic nitrogens is 1. The molecule has 126 valence electrons. The van der Waals surface area contributed by atoms with Crippen LogP contribution in [-0.2, 0) is 18.4 Å². The van der Waals surface area contributed by atoms with Crippen molar-refractivity contribution >= 4 is 27.0 Å². The van der Waals surface area contributed by atoms with Gasteiger partial charge in [-0.3, -0.25) is 0 Å². The first-order valence-corrected chi connectivity index (χ1v) is 10.3. The van der Waals surface area contributed by atoms with Crippen molar-refractivity contribution in [3.8, 4) is 10.6 Å². The molecule has 2 aromatic heterocycles. The molecule has 3 aromatic rings. The summed E-state index contributed by atoms with van der Waals surface area (Å²) in [7, 11) is 0. The van der Waals surface area contributed by atoms with Crippen molar-refractivity contribution in [2.45, 2.75) is 51.5 Å². The molecule has 3 heterocycles. The number of aryl methyl sites for hydroxylation is 1. The fraction of sp³-hybridized carbons (Fsp3) is 0.348. The highest BCUT2D eigenvalue weighted by Crippen LogP contribution is 2.53. The molecular weight excluding hydrogens is 322 g/mol. The predicted octanol–water partition coefficient (Wildman–Crippen LogP) is 5.89. The van der Waals surface area contributed by atoms with E-state index >= 15 is 0 Å². The summed E-state index contributed by atoms with van der Waals surface area (Å²) >= 11 is 1.98. The normalized spacial score (nSPS) is 20.3. The van der Waals surface area contributed by atoms with E-state index in [-0.39, 0.29) is 5.54 Å². The van der Waals surface area contributed by atoms with Crippen LogP contribution in [0.4, 0.5) is 0 Å². The Bertz CT molecular complexity index is 1030. The van der Waals surface area contributed by atoms with E-state index in [4.69, 9.17) is 0 Å². The zero-order valence-electron chi connectivity index (χ0n) is 15.1. The van der Waals surface area contributed by atoms with Crippen LogP contribution in [0.5, 0.6) is 0 Å². The van der Waals surface area contributed by atoms with Gasteiger partial charge in [-0.05, 0) is 36.1 Å². The lowest BCUT2D eigenvalue weighted by atomic mass is 9.77. The Hall–Kier alpha value is -1.93. The van der Waals surface area contributed by atoms with Crippen molar-refractivity contribution in [2.75, 3.05) is 0 Å². The van der Waals surface area contributed by atoms with Gasteiger partial charge in [0.05, 0.1) is 0 Å². The Labute approximate surface area is 153 Å². The highest BCUT2D eigenvalue weighted by molar-refractivity contribution is 7.22. The second-order valence-corrected chi connectivity index (χ2v) is 8.56. The van der Waals surface area contributed by atoms with Crippen LogP contribution in [0.15, 0.2) is 43.1 Å². The van der Waals surface area contributed by atoms with Crippen LogP contribution in [0.25, 0.3) is 26.2 Å². The van der Waals surface area contributed by atoms with Gasteiger partial charge in [0.25, 0.3) is 0 Å². The maximum absolute atomic E-state index is 4.64. The number of benzene rings is 1. The van der Waals surface area contributed by atoms with Gasteiger partial charge in [-0.15, -0.1) is 11.3 Å². The second-order valence-electron chi connectivity index (χ2n) is 7.54. The summed E-state index contributed by atoms with van der Waals surface area (Å²) in [5.41, 5.74) is 7.14. The molecule has 1 aliphatic carbocycles. The van der Waals surface area contributed by atoms with E-state index < -0.39 is 0 Å². The highest BCUT2D eigenvalue weighted by Gasteiger charge is 2.50. The lowest BCUT2D eigenvalue weighted by molar-refractivity contribution is -0.740. The molecule has 0 N–H and O–H groups in total. The number of unbranched alkanes of at least 4 members (excludes halogenated alkanes) is 1. The molecule has 0 radical (unpaired) electrons. The molecule has 1 nitrogen and oxygen atoms in total. The van der Waals surface area contributed by atoms with Crippen LogP contribution in [0.1, 0.15) is 49.8 Å². The number of thiophene rings is 1. The van der Waals surface area contributed by atoms with Crippen LogP contribution in [0, 0.1) is 0 Å². The molecule has 2 aliphatic rings. The molecule has 25 heavy (non-hydrogen) atoms. The van der Waals surface area contributed by atoms with Gasteiger partial charge in [-0.1, -0.05) is 32.9 Å². The summed E-state index contributed by atoms with van der Waals surface area (Å²) in [6.45, 7) is 9.24. The molecule has 0 saturated heterocycles. The minimum atomic E-state index is -0.0181. The molecule has 1 aliphatic heterocycles. The molecule has 0 saturated carbocycles. The molecule has 2 heteroatoms. The first-order valence-electron chi connectivity index (χ1n) is 9.49. The van der Waals surface area contributed by atoms with Crippen LogP contribution >= 0.6 is 11.3 Å². The minimum Gasteiger partial charge on any atom is -0.188 e. The third-order valence-corrected chi connectivity index (χ3v) is 7.53. The van der Waals surface area contributed by atoms with Crippen LogP contribution in [-0.4, -0.2) is 0 Å². The predicted molar refractivity (Wildman–Crippen MR) is 107 cm³/mol. The van der Waals surface area contributed by atoms with Gasteiger partial charge in [-0.2, -0.15) is 4.57 Å². The molecule has 0 fully saturated rings. The summed E-state index contributed by atoms with van der Waals surface area (Å²) in [5.74, 6) is 0. The number of hydrogen-bond acceptors (Lipinski definition) is 1. The zero-order chi connectivity index (χ0) is 17.2. The number of fused-ring (bicyclic) bond motifs is 5. The van der Waals surface area contributed by atoms with E-state index in [0.717, 1.165) is 12.8 Å². The van der Waals surface area contributed by atoms with Crippen LogP contribution < -0.4 is 4.57 Å². The molecular formula is C23H24NS+. The van der Waals surface area contributed by atoms with Gasteiger partial charge in [0, 0.05) is 46.2 Å². The van der Waals surface area contributed by atoms with Crippen molar-refractivity contribution in [2.24, 2.45) is 0 Å². The van der Waals surface area contributed by atoms with Crippen molar-refractivity contribution in [3.05, 3.63) is 59.8 Å². The third-order valence-electron chi connectivity index (χ3n) is 6.22. The van der Waals surface area contributed by atoms with Crippen molar-refractivity contribution < 1.29 is 4.57 Å². The Morgan fingerprint density at radius 3 is 2.92 bits per heavy atom. The Balaban J connectivity index is 1.91. The summed E-state index contributed by atoms with van der Waals surface area (Å²) in [4.78, 5) is 1.42. The summed E-state index contributed by atoms with van der Waals surface area (Å²) in [6.07, 6.45) is 8.11. The molecule has 5 rings (SSSR count). The molecule has 4 bridgehead atoms. The van der Waals surface area contributed by atoms with E-state index in [1.807, 2.05) is 11.3 Å².